The summed E-state index contributed by atoms with van der Waals surface area (Å²) in [5.41, 5.74) is 1.35. The second-order valence-electron chi connectivity index (χ2n) is 7.88. The number of aromatic nitrogens is 1. The first-order valence-electron chi connectivity index (χ1n) is 11.0. The van der Waals surface area contributed by atoms with Crippen molar-refractivity contribution in [2.45, 2.75) is 31.1 Å². The standard InChI is InChI=1S/C26H28F3N3O3/c1-30-25(33)24(18-7-5-4-6-8-18)32-20(19-11-13-21(34-2)22(15-19)35-3)12-9-17-10-14-23(31-16-17)26(27,28)29/h4-8,10-11,13-16,20,24,32H,9,12H2,1-3H3,(H,30,33). The fourth-order valence-corrected chi connectivity index (χ4v) is 3.78. The second-order valence-corrected chi connectivity index (χ2v) is 7.88. The molecule has 1 aromatic heterocycles. The van der Waals surface area contributed by atoms with E-state index in [-0.39, 0.29) is 11.9 Å². The average molecular weight is 488 g/mol. The lowest BCUT2D eigenvalue weighted by Gasteiger charge is -2.26. The van der Waals surface area contributed by atoms with Gasteiger partial charge in [-0.1, -0.05) is 42.5 Å². The zero-order chi connectivity index (χ0) is 25.4. The van der Waals surface area contributed by atoms with E-state index in [1.165, 1.54) is 19.4 Å². The Morgan fingerprint density at radius 3 is 2.26 bits per heavy atom. The van der Waals surface area contributed by atoms with Gasteiger partial charge < -0.3 is 14.8 Å². The number of rotatable bonds is 10. The number of pyridine rings is 1. The number of methoxy groups -OCH3 is 2. The number of nitrogens with zero attached hydrogens (tertiary/aromatic N) is 1. The molecule has 0 aliphatic heterocycles. The fourth-order valence-electron chi connectivity index (χ4n) is 3.78. The van der Waals surface area contributed by atoms with Crippen LogP contribution in [-0.2, 0) is 17.4 Å². The number of hydrogen-bond donors (Lipinski definition) is 2. The Kier molecular flexibility index (Phi) is 8.70. The van der Waals surface area contributed by atoms with E-state index in [0.29, 0.717) is 29.9 Å². The van der Waals surface area contributed by atoms with Crippen LogP contribution >= 0.6 is 0 Å². The van der Waals surface area contributed by atoms with Gasteiger partial charge in [-0.05, 0) is 47.7 Å². The molecule has 1 amide bonds. The Morgan fingerprint density at radius 2 is 1.69 bits per heavy atom. The van der Waals surface area contributed by atoms with Gasteiger partial charge in [0.25, 0.3) is 0 Å². The lowest BCUT2D eigenvalue weighted by Crippen LogP contribution is -2.38. The van der Waals surface area contributed by atoms with Crippen molar-refractivity contribution in [2.75, 3.05) is 21.3 Å². The minimum absolute atomic E-state index is 0.210. The predicted octanol–water partition coefficient (Wildman–Crippen LogP) is 4.87. The molecule has 0 fully saturated rings. The number of amides is 1. The second kappa shape index (κ2) is 11.7. The number of nitrogens with one attached hydrogen (secondary N) is 2. The van der Waals surface area contributed by atoms with Crippen LogP contribution in [0.15, 0.2) is 66.9 Å². The molecule has 0 saturated heterocycles. The molecule has 2 unspecified atom stereocenters. The quantitative estimate of drug-likeness (QED) is 0.427. The lowest BCUT2D eigenvalue weighted by molar-refractivity contribution is -0.141. The summed E-state index contributed by atoms with van der Waals surface area (Å²) in [6.07, 6.45) is -2.32. The molecule has 6 nitrogen and oxygen atoms in total. The van der Waals surface area contributed by atoms with Crippen LogP contribution in [0.1, 0.15) is 40.9 Å². The van der Waals surface area contributed by atoms with Gasteiger partial charge in [-0.15, -0.1) is 0 Å². The largest absolute Gasteiger partial charge is 0.493 e. The van der Waals surface area contributed by atoms with Gasteiger partial charge in [-0.25, -0.2) is 0 Å². The zero-order valence-electron chi connectivity index (χ0n) is 19.7. The van der Waals surface area contributed by atoms with Crippen LogP contribution < -0.4 is 20.1 Å². The molecule has 0 radical (unpaired) electrons. The summed E-state index contributed by atoms with van der Waals surface area (Å²) in [4.78, 5) is 16.3. The maximum absolute atomic E-state index is 12.9. The molecule has 35 heavy (non-hydrogen) atoms. The van der Waals surface area contributed by atoms with Crippen molar-refractivity contribution in [2.24, 2.45) is 0 Å². The van der Waals surface area contributed by atoms with E-state index in [1.54, 1.807) is 20.2 Å². The van der Waals surface area contributed by atoms with Crippen molar-refractivity contribution in [3.8, 4) is 11.5 Å². The third kappa shape index (κ3) is 6.73. The molecule has 9 heteroatoms. The van der Waals surface area contributed by atoms with E-state index in [0.717, 1.165) is 17.2 Å². The summed E-state index contributed by atoms with van der Waals surface area (Å²) < 4.78 is 49.4. The number of halogens is 3. The highest BCUT2D eigenvalue weighted by Gasteiger charge is 2.32. The molecule has 2 aromatic carbocycles. The van der Waals surface area contributed by atoms with Gasteiger partial charge >= 0.3 is 6.18 Å². The molecule has 3 rings (SSSR count). The first kappa shape index (κ1) is 26.0. The van der Waals surface area contributed by atoms with Crippen molar-refractivity contribution in [3.05, 3.63) is 89.2 Å². The van der Waals surface area contributed by atoms with Crippen molar-refractivity contribution in [1.29, 1.82) is 0 Å². The molecule has 2 atom stereocenters. The van der Waals surface area contributed by atoms with Gasteiger partial charge in [-0.2, -0.15) is 13.2 Å². The van der Waals surface area contributed by atoms with Gasteiger partial charge in [0.2, 0.25) is 5.91 Å². The van der Waals surface area contributed by atoms with Crippen LogP contribution in [-0.4, -0.2) is 32.2 Å². The van der Waals surface area contributed by atoms with E-state index in [2.05, 4.69) is 15.6 Å². The van der Waals surface area contributed by atoms with E-state index < -0.39 is 17.9 Å². The Balaban J connectivity index is 1.91. The molecule has 2 N–H and O–H groups in total. The van der Waals surface area contributed by atoms with Gasteiger partial charge in [0, 0.05) is 19.3 Å². The number of carbonyl (C=O) groups is 1. The van der Waals surface area contributed by atoms with Crippen molar-refractivity contribution < 1.29 is 27.4 Å². The van der Waals surface area contributed by atoms with Gasteiger partial charge in [0.05, 0.1) is 14.2 Å². The van der Waals surface area contributed by atoms with Crippen LogP contribution in [0.3, 0.4) is 0 Å². The Bertz CT molecular complexity index is 1110. The summed E-state index contributed by atoms with van der Waals surface area (Å²) in [7, 11) is 4.65. The van der Waals surface area contributed by atoms with Crippen LogP contribution in [0, 0.1) is 0 Å². The summed E-state index contributed by atoms with van der Waals surface area (Å²) in [5, 5.41) is 6.12. The summed E-state index contributed by atoms with van der Waals surface area (Å²) in [6, 6.07) is 16.2. The first-order valence-corrected chi connectivity index (χ1v) is 11.0. The van der Waals surface area contributed by atoms with Gasteiger partial charge in [0.1, 0.15) is 11.7 Å². The molecule has 1 heterocycles. The summed E-state index contributed by atoms with van der Waals surface area (Å²) >= 11 is 0. The zero-order valence-corrected chi connectivity index (χ0v) is 19.7. The molecule has 0 aliphatic carbocycles. The third-order valence-electron chi connectivity index (χ3n) is 5.66. The Morgan fingerprint density at radius 1 is 0.971 bits per heavy atom. The maximum atomic E-state index is 12.9. The number of likely N-dealkylation sites (N-methyl/N-ethyl adjacent to an activating group) is 1. The highest BCUT2D eigenvalue weighted by atomic mass is 19.4. The smallest absolute Gasteiger partial charge is 0.433 e. The molecular formula is C26H28F3N3O3. The molecular weight excluding hydrogens is 459 g/mol. The molecule has 186 valence electrons. The highest BCUT2D eigenvalue weighted by molar-refractivity contribution is 5.83. The van der Waals surface area contributed by atoms with E-state index in [1.807, 2.05) is 42.5 Å². The van der Waals surface area contributed by atoms with Gasteiger partial charge in [0.15, 0.2) is 11.5 Å². The number of benzene rings is 2. The van der Waals surface area contributed by atoms with E-state index in [9.17, 15) is 18.0 Å². The minimum atomic E-state index is -4.49. The fraction of sp³-hybridized carbons (Fsp3) is 0.308. The normalized spacial score (nSPS) is 13.1. The predicted molar refractivity (Wildman–Crippen MR) is 126 cm³/mol. The molecule has 3 aromatic rings. The lowest BCUT2D eigenvalue weighted by atomic mass is 9.96. The summed E-state index contributed by atoms with van der Waals surface area (Å²) in [5.74, 6) is 0.884. The van der Waals surface area contributed by atoms with Crippen molar-refractivity contribution in [1.82, 2.24) is 15.6 Å². The first-order chi connectivity index (χ1) is 16.8. The van der Waals surface area contributed by atoms with Crippen LogP contribution in [0.25, 0.3) is 0 Å². The number of alkyl halides is 3. The van der Waals surface area contributed by atoms with Crippen LogP contribution in [0.5, 0.6) is 11.5 Å². The minimum Gasteiger partial charge on any atom is -0.493 e. The summed E-state index contributed by atoms with van der Waals surface area (Å²) in [6.45, 7) is 0. The number of ether oxygens (including phenoxy) is 2. The Labute approximate surface area is 202 Å². The Hall–Kier alpha value is -3.59. The molecule has 0 aliphatic rings. The highest BCUT2D eigenvalue weighted by Crippen LogP contribution is 2.33. The van der Waals surface area contributed by atoms with Crippen molar-refractivity contribution in [3.63, 3.8) is 0 Å². The van der Waals surface area contributed by atoms with Crippen LogP contribution in [0.2, 0.25) is 0 Å². The van der Waals surface area contributed by atoms with Crippen molar-refractivity contribution >= 4 is 5.91 Å². The SMILES string of the molecule is CNC(=O)C(NC(CCc1ccc(C(F)(F)F)nc1)c1ccc(OC)c(OC)c1)c1ccccc1. The topological polar surface area (TPSA) is 72.5 Å². The number of hydrogen-bond acceptors (Lipinski definition) is 5. The van der Waals surface area contributed by atoms with Gasteiger partial charge in [-0.3, -0.25) is 15.1 Å². The average Bonchev–Trinajstić information content (AvgIpc) is 2.88. The van der Waals surface area contributed by atoms with Crippen LogP contribution in [0.4, 0.5) is 13.2 Å². The van der Waals surface area contributed by atoms with E-state index >= 15 is 0 Å². The molecule has 0 spiro atoms. The number of aryl methyl sites for hydroxylation is 1. The molecule has 0 saturated carbocycles. The maximum Gasteiger partial charge on any atom is 0.433 e. The number of carbonyl (C=O) groups excluding carboxylic acids is 1. The monoisotopic (exact) mass is 487 g/mol. The third-order valence-corrected chi connectivity index (χ3v) is 5.66. The van der Waals surface area contributed by atoms with E-state index in [4.69, 9.17) is 9.47 Å². The molecule has 0 bridgehead atoms.